The topological polar surface area (TPSA) is 179 Å². The van der Waals surface area contributed by atoms with Crippen LogP contribution in [0.4, 0.5) is 0 Å². The summed E-state index contributed by atoms with van der Waals surface area (Å²) in [4.78, 5) is 54.9. The maximum atomic E-state index is 12.7. The number of carbonyl (C=O) groups excluding carboxylic acids is 3. The monoisotopic (exact) mass is 428 g/mol. The number of aromatic amines is 1. The number of nitrogens with two attached hydrogens (primary N) is 1. The molecule has 0 spiro atoms. The van der Waals surface area contributed by atoms with E-state index in [1.54, 1.807) is 0 Å². The van der Waals surface area contributed by atoms with Crippen LogP contribution in [0.15, 0.2) is 12.5 Å². The van der Waals surface area contributed by atoms with Gasteiger partial charge < -0.3 is 31.8 Å². The standard InChI is InChI=1S/C17H28N6O5S/c1-9(18)14(24)21-10(2)15(25)23-13(6-11-7-19-8-20-11)16(26)22-12(17(27)28)4-5-29-3/h7-10,12-13H,4-6,18H2,1-3H3,(H,19,20)(H,21,24)(H,22,26)(H,23,25)(H,27,28). The van der Waals surface area contributed by atoms with Crippen LogP contribution >= 0.6 is 11.8 Å². The Bertz CT molecular complexity index is 696. The lowest BCUT2D eigenvalue weighted by atomic mass is 10.1. The molecule has 0 saturated carbocycles. The fraction of sp³-hybridized carbons (Fsp3) is 0.588. The van der Waals surface area contributed by atoms with Crippen LogP contribution in [-0.2, 0) is 25.6 Å². The van der Waals surface area contributed by atoms with Crippen LogP contribution in [0.5, 0.6) is 0 Å². The van der Waals surface area contributed by atoms with Gasteiger partial charge in [-0.25, -0.2) is 9.78 Å². The van der Waals surface area contributed by atoms with Crippen molar-refractivity contribution in [2.45, 2.75) is 50.9 Å². The molecule has 162 valence electrons. The van der Waals surface area contributed by atoms with Crippen molar-refractivity contribution in [3.8, 4) is 0 Å². The first-order valence-corrected chi connectivity index (χ1v) is 10.4. The molecule has 12 heteroatoms. The summed E-state index contributed by atoms with van der Waals surface area (Å²) in [5.41, 5.74) is 6.05. The number of carboxylic acid groups (broad SMARTS) is 1. The quantitative estimate of drug-likeness (QED) is 0.235. The van der Waals surface area contributed by atoms with Crippen molar-refractivity contribution in [2.75, 3.05) is 12.0 Å². The zero-order valence-electron chi connectivity index (χ0n) is 16.6. The summed E-state index contributed by atoms with van der Waals surface area (Å²) in [7, 11) is 0. The molecule has 4 unspecified atom stereocenters. The molecule has 3 amide bonds. The lowest BCUT2D eigenvalue weighted by Crippen LogP contribution is -2.56. The molecule has 0 saturated heterocycles. The summed E-state index contributed by atoms with van der Waals surface area (Å²) < 4.78 is 0. The van der Waals surface area contributed by atoms with E-state index < -0.39 is 47.9 Å². The molecule has 1 aromatic rings. The van der Waals surface area contributed by atoms with E-state index >= 15 is 0 Å². The normalized spacial score (nSPS) is 14.9. The van der Waals surface area contributed by atoms with Crippen LogP contribution in [0.2, 0.25) is 0 Å². The molecular formula is C17H28N6O5S. The fourth-order valence-corrected chi connectivity index (χ4v) is 2.77. The molecule has 11 nitrogen and oxygen atoms in total. The van der Waals surface area contributed by atoms with E-state index in [0.29, 0.717) is 11.4 Å². The number of hydrogen-bond donors (Lipinski definition) is 6. The Labute approximate surface area is 173 Å². The van der Waals surface area contributed by atoms with Crippen LogP contribution in [0.25, 0.3) is 0 Å². The molecule has 1 heterocycles. The van der Waals surface area contributed by atoms with Crippen molar-refractivity contribution < 1.29 is 24.3 Å². The van der Waals surface area contributed by atoms with E-state index in [-0.39, 0.29) is 12.8 Å². The van der Waals surface area contributed by atoms with Gasteiger partial charge in [-0.15, -0.1) is 0 Å². The van der Waals surface area contributed by atoms with Crippen LogP contribution < -0.4 is 21.7 Å². The summed E-state index contributed by atoms with van der Waals surface area (Å²) in [6, 6.07) is -3.86. The third kappa shape index (κ3) is 8.52. The van der Waals surface area contributed by atoms with Crippen LogP contribution in [0.1, 0.15) is 26.0 Å². The summed E-state index contributed by atoms with van der Waals surface area (Å²) in [5.74, 6) is -2.36. The molecule has 1 rings (SSSR count). The number of hydrogen-bond acceptors (Lipinski definition) is 7. The lowest BCUT2D eigenvalue weighted by Gasteiger charge is -2.23. The van der Waals surface area contributed by atoms with Gasteiger partial charge in [0.25, 0.3) is 0 Å². The molecule has 0 aromatic carbocycles. The second kappa shape index (κ2) is 12.1. The molecule has 0 bridgehead atoms. The Morgan fingerprint density at radius 3 is 2.31 bits per heavy atom. The smallest absolute Gasteiger partial charge is 0.326 e. The maximum absolute atomic E-state index is 12.7. The van der Waals surface area contributed by atoms with Gasteiger partial charge in [-0.3, -0.25) is 14.4 Å². The maximum Gasteiger partial charge on any atom is 0.326 e. The van der Waals surface area contributed by atoms with Crippen LogP contribution in [0, 0.1) is 0 Å². The second-order valence-electron chi connectivity index (χ2n) is 6.54. The Morgan fingerprint density at radius 1 is 1.14 bits per heavy atom. The minimum Gasteiger partial charge on any atom is -0.480 e. The average Bonchev–Trinajstić information content (AvgIpc) is 3.16. The van der Waals surface area contributed by atoms with Gasteiger partial charge in [-0.1, -0.05) is 0 Å². The summed E-state index contributed by atoms with van der Waals surface area (Å²) in [5, 5.41) is 16.8. The van der Waals surface area contributed by atoms with E-state index in [1.807, 2.05) is 6.26 Å². The minimum absolute atomic E-state index is 0.0698. The zero-order valence-corrected chi connectivity index (χ0v) is 17.4. The van der Waals surface area contributed by atoms with Gasteiger partial charge in [0.1, 0.15) is 18.1 Å². The molecular weight excluding hydrogens is 400 g/mol. The Kier molecular flexibility index (Phi) is 10.2. The number of carbonyl (C=O) groups is 4. The van der Waals surface area contributed by atoms with Crippen molar-refractivity contribution in [2.24, 2.45) is 5.73 Å². The summed E-state index contributed by atoms with van der Waals surface area (Å²) in [6.45, 7) is 2.94. The van der Waals surface area contributed by atoms with Crippen LogP contribution in [0.3, 0.4) is 0 Å². The van der Waals surface area contributed by atoms with E-state index in [1.165, 1.54) is 38.1 Å². The van der Waals surface area contributed by atoms with E-state index in [4.69, 9.17) is 5.73 Å². The predicted octanol–water partition coefficient (Wildman–Crippen LogP) is -1.39. The summed E-state index contributed by atoms with van der Waals surface area (Å²) >= 11 is 1.46. The van der Waals surface area contributed by atoms with Gasteiger partial charge in [0.15, 0.2) is 0 Å². The SMILES string of the molecule is CSCCC(NC(=O)C(Cc1cnc[nH]1)NC(=O)C(C)NC(=O)C(C)N)C(=O)O. The zero-order chi connectivity index (χ0) is 22.0. The van der Waals surface area contributed by atoms with Gasteiger partial charge in [0.2, 0.25) is 17.7 Å². The molecule has 0 aliphatic carbocycles. The van der Waals surface area contributed by atoms with Gasteiger partial charge in [-0.05, 0) is 32.3 Å². The Morgan fingerprint density at radius 2 is 1.79 bits per heavy atom. The number of carboxylic acids is 1. The highest BCUT2D eigenvalue weighted by Gasteiger charge is 2.28. The highest BCUT2D eigenvalue weighted by atomic mass is 32.2. The average molecular weight is 429 g/mol. The summed E-state index contributed by atoms with van der Waals surface area (Å²) in [6.07, 6.45) is 5.07. The van der Waals surface area contributed by atoms with Crippen molar-refractivity contribution in [3.05, 3.63) is 18.2 Å². The van der Waals surface area contributed by atoms with Crippen LogP contribution in [-0.4, -0.2) is 74.9 Å². The predicted molar refractivity (Wildman–Crippen MR) is 108 cm³/mol. The molecule has 0 radical (unpaired) electrons. The lowest BCUT2D eigenvalue weighted by molar-refractivity contribution is -0.142. The van der Waals surface area contributed by atoms with Crippen molar-refractivity contribution in [1.82, 2.24) is 25.9 Å². The number of thioether (sulfide) groups is 1. The number of aliphatic carboxylic acids is 1. The van der Waals surface area contributed by atoms with Gasteiger partial charge in [0, 0.05) is 18.3 Å². The Hall–Kier alpha value is -2.60. The fourth-order valence-electron chi connectivity index (χ4n) is 2.30. The molecule has 7 N–H and O–H groups in total. The van der Waals surface area contributed by atoms with Crippen molar-refractivity contribution >= 4 is 35.5 Å². The van der Waals surface area contributed by atoms with Gasteiger partial charge in [0.05, 0.1) is 12.4 Å². The number of amides is 3. The number of H-pyrrole nitrogens is 1. The third-order valence-corrected chi connectivity index (χ3v) is 4.65. The number of rotatable bonds is 12. The van der Waals surface area contributed by atoms with Gasteiger partial charge in [-0.2, -0.15) is 11.8 Å². The van der Waals surface area contributed by atoms with E-state index in [9.17, 15) is 24.3 Å². The third-order valence-electron chi connectivity index (χ3n) is 4.00. The molecule has 0 aliphatic heterocycles. The van der Waals surface area contributed by atoms with E-state index in [0.717, 1.165) is 0 Å². The first kappa shape index (κ1) is 24.4. The minimum atomic E-state index is -1.16. The van der Waals surface area contributed by atoms with Crippen molar-refractivity contribution in [1.29, 1.82) is 0 Å². The van der Waals surface area contributed by atoms with E-state index in [2.05, 4.69) is 25.9 Å². The molecule has 0 fully saturated rings. The van der Waals surface area contributed by atoms with Gasteiger partial charge >= 0.3 is 5.97 Å². The highest BCUT2D eigenvalue weighted by molar-refractivity contribution is 7.98. The highest BCUT2D eigenvalue weighted by Crippen LogP contribution is 2.04. The largest absolute Gasteiger partial charge is 0.480 e. The first-order chi connectivity index (χ1) is 13.6. The van der Waals surface area contributed by atoms with Crippen molar-refractivity contribution in [3.63, 3.8) is 0 Å². The molecule has 0 aliphatic rings. The number of nitrogens with zero attached hydrogens (tertiary/aromatic N) is 1. The number of imidazole rings is 1. The molecule has 4 atom stereocenters. The number of aromatic nitrogens is 2. The molecule has 29 heavy (non-hydrogen) atoms. The first-order valence-electron chi connectivity index (χ1n) is 9.01. The second-order valence-corrected chi connectivity index (χ2v) is 7.53. The number of nitrogens with one attached hydrogen (secondary N) is 4. The Balaban J connectivity index is 2.86. The molecule has 1 aromatic heterocycles.